The first-order chi connectivity index (χ1) is 18.7. The van der Waals surface area contributed by atoms with Crippen LogP contribution in [0, 0.1) is 5.92 Å². The van der Waals surface area contributed by atoms with Gasteiger partial charge in [-0.05, 0) is 43.0 Å². The first-order valence-electron chi connectivity index (χ1n) is 13.9. The smallest absolute Gasteiger partial charge is 0.317 e. The van der Waals surface area contributed by atoms with Crippen LogP contribution in [0.2, 0.25) is 0 Å². The van der Waals surface area contributed by atoms with Gasteiger partial charge in [0.05, 0.1) is 13.2 Å². The van der Waals surface area contributed by atoms with E-state index >= 15 is 0 Å². The summed E-state index contributed by atoms with van der Waals surface area (Å²) >= 11 is 0. The summed E-state index contributed by atoms with van der Waals surface area (Å²) in [5, 5.41) is 13.0. The van der Waals surface area contributed by atoms with E-state index in [-0.39, 0.29) is 41.8 Å². The van der Waals surface area contributed by atoms with Crippen molar-refractivity contribution in [2.75, 3.05) is 26.7 Å². The predicted molar refractivity (Wildman–Crippen MR) is 154 cm³/mol. The Hall–Kier alpha value is -2.88. The van der Waals surface area contributed by atoms with Crippen LogP contribution in [-0.4, -0.2) is 73.7 Å². The number of nitrogens with one attached hydrogen (secondary N) is 1. The second-order valence-electron chi connectivity index (χ2n) is 10.9. The standard InChI is InChI=1S/C30H41N3O5S/c1-22-19-33(23(2)21-34)39(36,37)29-17-16-25(15-14-24-10-6-4-7-11-24)18-27(29)38-28(22)20-32(3)30(35)31-26-12-8-5-9-13-26/h4,6-7,10-11,14-18,22-23,26,28,34H,5,8-9,12-13,19-21H2,1-3H3,(H,31,35)/b15-14+/t22-,23+,28+/m0/s1. The summed E-state index contributed by atoms with van der Waals surface area (Å²) in [7, 11) is -2.18. The summed E-state index contributed by atoms with van der Waals surface area (Å²) in [5.41, 5.74) is 1.82. The minimum Gasteiger partial charge on any atom is -0.487 e. The van der Waals surface area contributed by atoms with Gasteiger partial charge in [-0.2, -0.15) is 4.31 Å². The Morgan fingerprint density at radius 1 is 1.13 bits per heavy atom. The number of benzene rings is 2. The summed E-state index contributed by atoms with van der Waals surface area (Å²) in [6, 6.07) is 14.4. The molecule has 1 saturated carbocycles. The van der Waals surface area contributed by atoms with Gasteiger partial charge in [0.1, 0.15) is 16.7 Å². The largest absolute Gasteiger partial charge is 0.487 e. The van der Waals surface area contributed by atoms with Gasteiger partial charge in [0.15, 0.2) is 0 Å². The lowest BCUT2D eigenvalue weighted by Gasteiger charge is -2.37. The maximum Gasteiger partial charge on any atom is 0.317 e. The number of urea groups is 1. The number of likely N-dealkylation sites (N-methyl/N-ethyl adjacent to an activating group) is 1. The molecule has 9 heteroatoms. The summed E-state index contributed by atoms with van der Waals surface area (Å²) < 4.78 is 35.2. The van der Waals surface area contributed by atoms with Gasteiger partial charge in [-0.3, -0.25) is 0 Å². The van der Waals surface area contributed by atoms with E-state index in [1.165, 1.54) is 10.7 Å². The maximum absolute atomic E-state index is 13.7. The van der Waals surface area contributed by atoms with Crippen molar-refractivity contribution in [2.24, 2.45) is 5.92 Å². The molecule has 4 rings (SSSR count). The molecule has 212 valence electrons. The minimum atomic E-state index is -3.93. The van der Waals surface area contributed by atoms with E-state index in [0.717, 1.165) is 36.8 Å². The molecule has 0 spiro atoms. The molecule has 1 aliphatic carbocycles. The molecule has 0 radical (unpaired) electrons. The fraction of sp³-hybridized carbons (Fsp3) is 0.500. The zero-order valence-corrected chi connectivity index (χ0v) is 23.9. The molecule has 3 atom stereocenters. The van der Waals surface area contributed by atoms with Crippen LogP contribution in [0.15, 0.2) is 53.4 Å². The van der Waals surface area contributed by atoms with E-state index in [1.54, 1.807) is 37.1 Å². The fourth-order valence-electron chi connectivity index (χ4n) is 5.20. The molecule has 8 nitrogen and oxygen atoms in total. The van der Waals surface area contributed by atoms with E-state index in [2.05, 4.69) is 5.32 Å². The van der Waals surface area contributed by atoms with E-state index in [0.29, 0.717) is 6.54 Å². The summed E-state index contributed by atoms with van der Waals surface area (Å²) in [5.74, 6) is 0.00774. The third-order valence-electron chi connectivity index (χ3n) is 7.69. The highest BCUT2D eigenvalue weighted by atomic mass is 32.2. The van der Waals surface area contributed by atoms with Crippen molar-refractivity contribution < 1.29 is 23.1 Å². The third kappa shape index (κ3) is 7.21. The summed E-state index contributed by atoms with van der Waals surface area (Å²) in [4.78, 5) is 14.7. The van der Waals surface area contributed by atoms with Crippen LogP contribution in [0.5, 0.6) is 5.75 Å². The molecule has 0 saturated heterocycles. The second-order valence-corrected chi connectivity index (χ2v) is 12.7. The molecule has 1 aliphatic heterocycles. The van der Waals surface area contributed by atoms with Crippen LogP contribution < -0.4 is 10.1 Å². The topological polar surface area (TPSA) is 99.2 Å². The number of carbonyl (C=O) groups excluding carboxylic acids is 1. The Bertz CT molecular complexity index is 1240. The highest BCUT2D eigenvalue weighted by molar-refractivity contribution is 7.89. The van der Waals surface area contributed by atoms with Crippen molar-refractivity contribution in [3.63, 3.8) is 0 Å². The van der Waals surface area contributed by atoms with E-state index in [1.807, 2.05) is 49.4 Å². The lowest BCUT2D eigenvalue weighted by atomic mass is 9.96. The van der Waals surface area contributed by atoms with Gasteiger partial charge in [-0.25, -0.2) is 13.2 Å². The van der Waals surface area contributed by atoms with Gasteiger partial charge >= 0.3 is 6.03 Å². The zero-order chi connectivity index (χ0) is 28.0. The number of rotatable bonds is 7. The van der Waals surface area contributed by atoms with Gasteiger partial charge in [-0.1, -0.05) is 74.7 Å². The number of nitrogens with zero attached hydrogens (tertiary/aromatic N) is 2. The molecule has 2 N–H and O–H groups in total. The Labute approximate surface area is 232 Å². The number of sulfonamides is 1. The maximum atomic E-state index is 13.7. The van der Waals surface area contributed by atoms with Crippen LogP contribution in [0.25, 0.3) is 12.2 Å². The van der Waals surface area contributed by atoms with Gasteiger partial charge in [0.25, 0.3) is 0 Å². The van der Waals surface area contributed by atoms with Crippen molar-refractivity contribution in [3.05, 3.63) is 59.7 Å². The van der Waals surface area contributed by atoms with Crippen LogP contribution >= 0.6 is 0 Å². The second kappa shape index (κ2) is 13.0. The van der Waals surface area contributed by atoms with Crippen molar-refractivity contribution in [1.82, 2.24) is 14.5 Å². The average Bonchev–Trinajstić information content (AvgIpc) is 2.94. The first-order valence-corrected chi connectivity index (χ1v) is 15.3. The van der Waals surface area contributed by atoms with E-state index < -0.39 is 22.2 Å². The molecule has 0 bridgehead atoms. The normalized spacial score (nSPS) is 22.8. The highest BCUT2D eigenvalue weighted by Gasteiger charge is 2.38. The van der Waals surface area contributed by atoms with E-state index in [4.69, 9.17) is 4.74 Å². The van der Waals surface area contributed by atoms with Gasteiger partial charge in [0, 0.05) is 31.6 Å². The average molecular weight is 556 g/mol. The quantitative estimate of drug-likeness (QED) is 0.487. The molecular weight excluding hydrogens is 514 g/mol. The molecule has 1 fully saturated rings. The van der Waals surface area contributed by atoms with Crippen LogP contribution in [0.1, 0.15) is 57.1 Å². The Balaban J connectivity index is 1.62. The number of hydrogen-bond donors (Lipinski definition) is 2. The summed E-state index contributed by atoms with van der Waals surface area (Å²) in [6.45, 7) is 3.79. The first kappa shape index (κ1) is 29.1. The molecule has 2 aromatic rings. The van der Waals surface area contributed by atoms with Gasteiger partial charge in [0.2, 0.25) is 10.0 Å². The number of carbonyl (C=O) groups is 1. The minimum absolute atomic E-state index is 0.0610. The number of aliphatic hydroxyl groups excluding tert-OH is 1. The van der Waals surface area contributed by atoms with Crippen LogP contribution in [0.3, 0.4) is 0 Å². The molecule has 0 aromatic heterocycles. The highest BCUT2D eigenvalue weighted by Crippen LogP contribution is 2.34. The molecule has 2 aromatic carbocycles. The number of amides is 2. The molecule has 1 heterocycles. The lowest BCUT2D eigenvalue weighted by Crippen LogP contribution is -2.52. The van der Waals surface area contributed by atoms with Crippen molar-refractivity contribution in [3.8, 4) is 5.75 Å². The van der Waals surface area contributed by atoms with E-state index in [9.17, 15) is 18.3 Å². The third-order valence-corrected chi connectivity index (χ3v) is 9.71. The Kier molecular flexibility index (Phi) is 9.69. The molecule has 2 aliphatic rings. The van der Waals surface area contributed by atoms with Crippen LogP contribution in [-0.2, 0) is 10.0 Å². The SMILES string of the molecule is C[C@H](CO)N1C[C@H](C)[C@@H](CN(C)C(=O)NC2CCCCC2)Oc2cc(/C=C/c3ccccc3)ccc2S1(=O)=O. The van der Waals surface area contributed by atoms with Gasteiger partial charge < -0.3 is 20.1 Å². The Morgan fingerprint density at radius 3 is 2.51 bits per heavy atom. The van der Waals surface area contributed by atoms with Gasteiger partial charge in [-0.15, -0.1) is 0 Å². The number of hydrogen-bond acceptors (Lipinski definition) is 5. The monoisotopic (exact) mass is 555 g/mol. The molecule has 2 amide bonds. The molecular formula is C30H41N3O5S. The number of ether oxygens (including phenoxy) is 1. The lowest BCUT2D eigenvalue weighted by molar-refractivity contribution is 0.0806. The number of fused-ring (bicyclic) bond motifs is 1. The van der Waals surface area contributed by atoms with Crippen molar-refractivity contribution >= 4 is 28.2 Å². The molecule has 0 unspecified atom stereocenters. The predicted octanol–water partition coefficient (Wildman–Crippen LogP) is 4.60. The summed E-state index contributed by atoms with van der Waals surface area (Å²) in [6.07, 6.45) is 8.88. The fourth-order valence-corrected chi connectivity index (χ4v) is 7.03. The molecule has 39 heavy (non-hydrogen) atoms. The Morgan fingerprint density at radius 2 is 1.82 bits per heavy atom. The number of aliphatic hydroxyl groups is 1. The van der Waals surface area contributed by atoms with Crippen LogP contribution in [0.4, 0.5) is 4.79 Å². The van der Waals surface area contributed by atoms with Crippen molar-refractivity contribution in [2.45, 2.75) is 69.0 Å². The van der Waals surface area contributed by atoms with Crippen molar-refractivity contribution in [1.29, 1.82) is 0 Å². The zero-order valence-electron chi connectivity index (χ0n) is 23.1.